The van der Waals surface area contributed by atoms with Crippen molar-refractivity contribution in [2.24, 2.45) is 5.92 Å². The molecule has 0 unspecified atom stereocenters. The first-order valence-corrected chi connectivity index (χ1v) is 9.69. The van der Waals surface area contributed by atoms with Crippen LogP contribution in [0.5, 0.6) is 5.75 Å². The average molecular weight is 385 g/mol. The van der Waals surface area contributed by atoms with E-state index in [1.54, 1.807) is 17.0 Å². The number of piperidine rings is 3. The van der Waals surface area contributed by atoms with Crippen LogP contribution >= 0.6 is 0 Å². The van der Waals surface area contributed by atoms with Gasteiger partial charge in [-0.15, -0.1) is 0 Å². The number of amides is 1. The van der Waals surface area contributed by atoms with E-state index in [4.69, 9.17) is 0 Å². The van der Waals surface area contributed by atoms with Gasteiger partial charge < -0.3 is 10.0 Å². The Balaban J connectivity index is 1.57. The third kappa shape index (κ3) is 2.53. The van der Waals surface area contributed by atoms with Gasteiger partial charge in [0.2, 0.25) is 0 Å². The molecule has 6 rings (SSSR count). The molecule has 0 saturated carbocycles. The van der Waals surface area contributed by atoms with Crippen molar-refractivity contribution in [2.45, 2.75) is 30.8 Å². The minimum absolute atomic E-state index is 0.0121. The number of likely N-dealkylation sites (tertiary alicyclic amines) is 1. The van der Waals surface area contributed by atoms with Crippen LogP contribution in [0.3, 0.4) is 0 Å². The van der Waals surface area contributed by atoms with Gasteiger partial charge in [0.05, 0.1) is 6.04 Å². The fourth-order valence-electron chi connectivity index (χ4n) is 5.43. The SMILES string of the molecule is O=C(c1ncccc1O)N1C[C@H](c2cccc(F)c2F)[C@H]2[C@@H]1C1CCN2CC1. The van der Waals surface area contributed by atoms with Crippen LogP contribution in [0, 0.1) is 17.6 Å². The molecule has 1 amide bonds. The lowest BCUT2D eigenvalue weighted by atomic mass is 9.75. The molecule has 4 saturated heterocycles. The number of aromatic nitrogens is 1. The third-order valence-corrected chi connectivity index (χ3v) is 6.63. The van der Waals surface area contributed by atoms with E-state index in [-0.39, 0.29) is 41.9 Å². The zero-order valence-corrected chi connectivity index (χ0v) is 15.3. The van der Waals surface area contributed by atoms with Gasteiger partial charge in [0, 0.05) is 24.7 Å². The Morgan fingerprint density at radius 2 is 1.89 bits per heavy atom. The van der Waals surface area contributed by atoms with E-state index in [0.717, 1.165) is 32.0 Å². The smallest absolute Gasteiger partial charge is 0.276 e. The van der Waals surface area contributed by atoms with E-state index in [1.807, 2.05) is 0 Å². The molecular formula is C21H21F2N3O2. The van der Waals surface area contributed by atoms with E-state index < -0.39 is 11.6 Å². The highest BCUT2D eigenvalue weighted by Gasteiger charge is 2.55. The van der Waals surface area contributed by atoms with Crippen LogP contribution in [0.2, 0.25) is 0 Å². The van der Waals surface area contributed by atoms with Crippen LogP contribution in [0.25, 0.3) is 0 Å². The molecule has 28 heavy (non-hydrogen) atoms. The minimum Gasteiger partial charge on any atom is -0.505 e. The molecule has 5 heterocycles. The molecule has 4 aliphatic rings. The largest absolute Gasteiger partial charge is 0.505 e. The number of rotatable bonds is 2. The van der Waals surface area contributed by atoms with Crippen molar-refractivity contribution in [1.82, 2.24) is 14.8 Å². The van der Waals surface area contributed by atoms with E-state index in [9.17, 15) is 18.7 Å². The Bertz CT molecular complexity index is 930. The quantitative estimate of drug-likeness (QED) is 0.864. The molecule has 2 aromatic rings. The van der Waals surface area contributed by atoms with Gasteiger partial charge in [0.25, 0.3) is 5.91 Å². The molecule has 3 atom stereocenters. The second-order valence-electron chi connectivity index (χ2n) is 7.93. The summed E-state index contributed by atoms with van der Waals surface area (Å²) < 4.78 is 28.5. The molecule has 5 nitrogen and oxygen atoms in total. The summed E-state index contributed by atoms with van der Waals surface area (Å²) in [5.74, 6) is -2.18. The monoisotopic (exact) mass is 385 g/mol. The van der Waals surface area contributed by atoms with Gasteiger partial charge in [-0.2, -0.15) is 0 Å². The molecule has 146 valence electrons. The summed E-state index contributed by atoms with van der Waals surface area (Å²) in [6.45, 7) is 2.11. The number of halogens is 2. The lowest BCUT2D eigenvalue weighted by Crippen LogP contribution is -2.60. The van der Waals surface area contributed by atoms with Crippen molar-refractivity contribution in [3.63, 3.8) is 0 Å². The highest BCUT2D eigenvalue weighted by Crippen LogP contribution is 2.47. The molecule has 1 aromatic heterocycles. The van der Waals surface area contributed by atoms with Crippen molar-refractivity contribution in [2.75, 3.05) is 19.6 Å². The van der Waals surface area contributed by atoms with E-state index in [2.05, 4.69) is 9.88 Å². The first-order valence-electron chi connectivity index (χ1n) is 9.69. The van der Waals surface area contributed by atoms with Crippen LogP contribution < -0.4 is 0 Å². The first kappa shape index (κ1) is 17.6. The van der Waals surface area contributed by atoms with Gasteiger partial charge in [-0.1, -0.05) is 12.1 Å². The molecule has 2 bridgehead atoms. The van der Waals surface area contributed by atoms with E-state index in [0.29, 0.717) is 11.5 Å². The number of carbonyl (C=O) groups is 1. The Labute approximate surface area is 161 Å². The molecule has 1 aromatic carbocycles. The molecule has 7 heteroatoms. The number of hydrogen-bond acceptors (Lipinski definition) is 4. The number of nitrogens with zero attached hydrogens (tertiary/aromatic N) is 3. The Morgan fingerprint density at radius 1 is 1.11 bits per heavy atom. The fraction of sp³-hybridized carbons (Fsp3) is 0.429. The van der Waals surface area contributed by atoms with Gasteiger partial charge in [-0.05, 0) is 55.6 Å². The standard InChI is InChI=1S/C21H21F2N3O2/c22-15-4-1-3-13(17(15)23)14-11-26(21(28)18-16(27)5-2-8-24-18)19-12-6-9-25(10-7-12)20(14)19/h1-5,8,12,14,19-20,27H,6-7,9-11H2/t14-,19+,20+/m1/s1. The van der Waals surface area contributed by atoms with Gasteiger partial charge in [-0.25, -0.2) is 13.8 Å². The summed E-state index contributed by atoms with van der Waals surface area (Å²) in [6.07, 6.45) is 3.44. The normalized spacial score (nSPS) is 31.1. The summed E-state index contributed by atoms with van der Waals surface area (Å²) >= 11 is 0. The summed E-state index contributed by atoms with van der Waals surface area (Å²) in [7, 11) is 0. The fourth-order valence-corrected chi connectivity index (χ4v) is 5.43. The van der Waals surface area contributed by atoms with E-state index in [1.165, 1.54) is 18.3 Å². The molecule has 0 aliphatic carbocycles. The highest BCUT2D eigenvalue weighted by molar-refractivity contribution is 5.95. The van der Waals surface area contributed by atoms with Crippen molar-refractivity contribution in [3.8, 4) is 5.75 Å². The van der Waals surface area contributed by atoms with Gasteiger partial charge >= 0.3 is 0 Å². The van der Waals surface area contributed by atoms with Crippen molar-refractivity contribution < 1.29 is 18.7 Å². The molecule has 4 aliphatic heterocycles. The van der Waals surface area contributed by atoms with Crippen LogP contribution in [0.15, 0.2) is 36.5 Å². The van der Waals surface area contributed by atoms with Gasteiger partial charge in [-0.3, -0.25) is 9.69 Å². The number of carbonyl (C=O) groups excluding carboxylic acids is 1. The maximum absolute atomic E-state index is 14.6. The first-order chi connectivity index (χ1) is 13.6. The summed E-state index contributed by atoms with van der Waals surface area (Å²) in [5.41, 5.74) is 0.334. The zero-order valence-electron chi connectivity index (χ0n) is 15.3. The highest BCUT2D eigenvalue weighted by atomic mass is 19.2. The van der Waals surface area contributed by atoms with Crippen molar-refractivity contribution >= 4 is 5.91 Å². The maximum atomic E-state index is 14.6. The Morgan fingerprint density at radius 3 is 2.64 bits per heavy atom. The maximum Gasteiger partial charge on any atom is 0.276 e. The van der Waals surface area contributed by atoms with Crippen LogP contribution in [-0.2, 0) is 0 Å². The Kier molecular flexibility index (Phi) is 4.08. The summed E-state index contributed by atoms with van der Waals surface area (Å²) in [6, 6.07) is 7.14. The second kappa shape index (κ2) is 6.51. The predicted octanol–water partition coefficient (Wildman–Crippen LogP) is 2.77. The molecule has 4 fully saturated rings. The minimum atomic E-state index is -0.864. The van der Waals surface area contributed by atoms with Crippen LogP contribution in [0.1, 0.15) is 34.8 Å². The second-order valence-corrected chi connectivity index (χ2v) is 7.93. The average Bonchev–Trinajstić information content (AvgIpc) is 3.13. The number of fused-ring (bicyclic) bond motifs is 2. The molecule has 1 N–H and O–H groups in total. The van der Waals surface area contributed by atoms with Crippen molar-refractivity contribution in [3.05, 3.63) is 59.4 Å². The Hall–Kier alpha value is -2.54. The number of hydrogen-bond donors (Lipinski definition) is 1. The third-order valence-electron chi connectivity index (χ3n) is 6.63. The topological polar surface area (TPSA) is 56.7 Å². The zero-order chi connectivity index (χ0) is 19.4. The van der Waals surface area contributed by atoms with Gasteiger partial charge in [0.1, 0.15) is 5.75 Å². The van der Waals surface area contributed by atoms with Crippen LogP contribution in [0.4, 0.5) is 8.78 Å². The summed E-state index contributed by atoms with van der Waals surface area (Å²) in [4.78, 5) is 21.4. The van der Waals surface area contributed by atoms with Crippen molar-refractivity contribution in [1.29, 1.82) is 0 Å². The lowest BCUT2D eigenvalue weighted by molar-refractivity contribution is -0.00384. The molecule has 0 spiro atoms. The lowest BCUT2D eigenvalue weighted by Gasteiger charge is -2.51. The molecular weight excluding hydrogens is 364 g/mol. The van der Waals surface area contributed by atoms with Gasteiger partial charge in [0.15, 0.2) is 17.3 Å². The summed E-state index contributed by atoms with van der Waals surface area (Å²) in [5, 5.41) is 10.1. The number of benzene rings is 1. The predicted molar refractivity (Wildman–Crippen MR) is 97.9 cm³/mol. The number of aromatic hydroxyl groups is 1. The number of pyridine rings is 1. The van der Waals surface area contributed by atoms with Crippen LogP contribution in [-0.4, -0.2) is 57.5 Å². The molecule has 0 radical (unpaired) electrons. The van der Waals surface area contributed by atoms with E-state index >= 15 is 0 Å².